The number of rotatable bonds is 3. The number of halogens is 2. The maximum Gasteiger partial charge on any atom is 0.238 e. The van der Waals surface area contributed by atoms with E-state index in [-0.39, 0.29) is 0 Å². The molecule has 6 heteroatoms. The first kappa shape index (κ1) is 14.0. The number of anilines is 2. The van der Waals surface area contributed by atoms with Crippen molar-refractivity contribution in [3.63, 3.8) is 0 Å². The molecule has 100 valence electrons. The van der Waals surface area contributed by atoms with Crippen molar-refractivity contribution in [2.75, 3.05) is 24.7 Å². The Kier molecular flexibility index (Phi) is 4.17. The van der Waals surface area contributed by atoms with Crippen molar-refractivity contribution >= 4 is 38.9 Å². The summed E-state index contributed by atoms with van der Waals surface area (Å²) in [5.41, 5.74) is 7.41. The summed E-state index contributed by atoms with van der Waals surface area (Å²) in [5.74, 6) is 0.857. The number of benzene rings is 1. The number of nitrogen functional groups attached to an aromatic ring is 1. The smallest absolute Gasteiger partial charge is 0.238 e. The third kappa shape index (κ3) is 3.30. The van der Waals surface area contributed by atoms with E-state index in [9.17, 15) is 0 Å². The molecule has 0 aliphatic carbocycles. The van der Waals surface area contributed by atoms with E-state index in [1.807, 2.05) is 31.1 Å². The Bertz CT molecular complexity index is 604. The third-order valence-corrected chi connectivity index (χ3v) is 3.20. The van der Waals surface area contributed by atoms with E-state index >= 15 is 0 Å². The van der Waals surface area contributed by atoms with Crippen LogP contribution in [0.2, 0.25) is 5.02 Å². The first-order chi connectivity index (χ1) is 8.97. The van der Waals surface area contributed by atoms with Gasteiger partial charge in [-0.25, -0.2) is 4.98 Å². The van der Waals surface area contributed by atoms with Crippen molar-refractivity contribution in [2.24, 2.45) is 0 Å². The van der Waals surface area contributed by atoms with Gasteiger partial charge in [0.1, 0.15) is 5.02 Å². The maximum absolute atomic E-state index is 6.07. The Morgan fingerprint density at radius 2 is 2.05 bits per heavy atom. The first-order valence-corrected chi connectivity index (χ1v) is 6.70. The normalized spacial score (nSPS) is 10.3. The average molecular weight is 343 g/mol. The van der Waals surface area contributed by atoms with Gasteiger partial charge >= 0.3 is 0 Å². The summed E-state index contributed by atoms with van der Waals surface area (Å²) in [6.07, 6.45) is 1.62. The molecule has 0 spiro atoms. The van der Waals surface area contributed by atoms with Crippen LogP contribution in [0, 0.1) is 0 Å². The Hall–Kier alpha value is -1.46. The highest BCUT2D eigenvalue weighted by Gasteiger charge is 2.09. The van der Waals surface area contributed by atoms with Crippen LogP contribution in [0.25, 0.3) is 0 Å². The van der Waals surface area contributed by atoms with Crippen LogP contribution in [0.3, 0.4) is 0 Å². The largest absolute Gasteiger partial charge is 0.435 e. The van der Waals surface area contributed by atoms with Gasteiger partial charge in [-0.2, -0.15) is 0 Å². The summed E-state index contributed by atoms with van der Waals surface area (Å²) in [4.78, 5) is 6.08. The molecule has 0 fully saturated rings. The molecule has 2 aromatic rings. The zero-order chi connectivity index (χ0) is 14.0. The zero-order valence-corrected chi connectivity index (χ0v) is 12.9. The number of aromatic nitrogens is 1. The van der Waals surface area contributed by atoms with E-state index in [1.165, 1.54) is 0 Å². The quantitative estimate of drug-likeness (QED) is 0.859. The van der Waals surface area contributed by atoms with Gasteiger partial charge in [0.25, 0.3) is 0 Å². The van der Waals surface area contributed by atoms with Gasteiger partial charge in [-0.15, -0.1) is 0 Å². The molecule has 0 unspecified atom stereocenters. The Morgan fingerprint density at radius 3 is 2.68 bits per heavy atom. The van der Waals surface area contributed by atoms with Crippen LogP contribution < -0.4 is 15.4 Å². The number of pyridine rings is 1. The number of nitrogens with zero attached hydrogens (tertiary/aromatic N) is 2. The molecule has 0 aliphatic heterocycles. The van der Waals surface area contributed by atoms with E-state index in [1.54, 1.807) is 18.3 Å². The summed E-state index contributed by atoms with van der Waals surface area (Å²) in [6.45, 7) is 0. The molecule has 0 atom stereocenters. The fourth-order valence-corrected chi connectivity index (χ4v) is 2.14. The van der Waals surface area contributed by atoms with Crippen LogP contribution in [0.15, 0.2) is 34.9 Å². The number of hydrogen-bond acceptors (Lipinski definition) is 4. The van der Waals surface area contributed by atoms with Gasteiger partial charge < -0.3 is 15.4 Å². The van der Waals surface area contributed by atoms with Gasteiger partial charge in [0, 0.05) is 36.5 Å². The molecule has 0 saturated carbocycles. The minimum absolute atomic E-state index is 0.326. The SMILES string of the molecule is CN(C)c1ccc(N)c(Oc2ncc(Br)cc2Cl)c1. The van der Waals surface area contributed by atoms with E-state index in [4.69, 9.17) is 22.1 Å². The zero-order valence-electron chi connectivity index (χ0n) is 10.5. The lowest BCUT2D eigenvalue weighted by atomic mass is 10.2. The summed E-state index contributed by atoms with van der Waals surface area (Å²) in [7, 11) is 3.89. The van der Waals surface area contributed by atoms with Gasteiger partial charge in [0.2, 0.25) is 5.88 Å². The van der Waals surface area contributed by atoms with Crippen molar-refractivity contribution in [3.8, 4) is 11.6 Å². The molecule has 0 aliphatic rings. The molecule has 0 bridgehead atoms. The van der Waals surface area contributed by atoms with Crippen molar-refractivity contribution in [3.05, 3.63) is 40.0 Å². The maximum atomic E-state index is 6.07. The fourth-order valence-electron chi connectivity index (χ4n) is 1.47. The standard InChI is InChI=1S/C13H13BrClN3O/c1-18(2)9-3-4-11(16)12(6-9)19-13-10(15)5-8(14)7-17-13/h3-7H,16H2,1-2H3. The molecule has 0 saturated heterocycles. The second kappa shape index (κ2) is 5.67. The van der Waals surface area contributed by atoms with Gasteiger partial charge in [-0.1, -0.05) is 11.6 Å². The molecule has 19 heavy (non-hydrogen) atoms. The lowest BCUT2D eigenvalue weighted by molar-refractivity contribution is 0.465. The molecule has 2 rings (SSSR count). The number of ether oxygens (including phenoxy) is 1. The second-order valence-electron chi connectivity index (χ2n) is 4.16. The lowest BCUT2D eigenvalue weighted by Crippen LogP contribution is -2.08. The summed E-state index contributed by atoms with van der Waals surface area (Å²) in [6, 6.07) is 7.27. The van der Waals surface area contributed by atoms with Crippen LogP contribution in [-0.2, 0) is 0 Å². The molecule has 1 aromatic heterocycles. The third-order valence-electron chi connectivity index (χ3n) is 2.49. The second-order valence-corrected chi connectivity index (χ2v) is 5.48. The van der Waals surface area contributed by atoms with Crippen molar-refractivity contribution in [2.45, 2.75) is 0 Å². The molecule has 1 heterocycles. The van der Waals surface area contributed by atoms with Gasteiger partial charge in [0.15, 0.2) is 5.75 Å². The highest BCUT2D eigenvalue weighted by atomic mass is 79.9. The van der Waals surface area contributed by atoms with E-state index < -0.39 is 0 Å². The Balaban J connectivity index is 2.34. The summed E-state index contributed by atoms with van der Waals surface area (Å²) >= 11 is 9.36. The highest BCUT2D eigenvalue weighted by Crippen LogP contribution is 2.34. The van der Waals surface area contributed by atoms with Gasteiger partial charge in [-0.05, 0) is 34.1 Å². The fraction of sp³-hybridized carbons (Fsp3) is 0.154. The van der Waals surface area contributed by atoms with E-state index in [2.05, 4.69) is 20.9 Å². The monoisotopic (exact) mass is 341 g/mol. The summed E-state index contributed by atoms with van der Waals surface area (Å²) < 4.78 is 6.46. The van der Waals surface area contributed by atoms with Crippen LogP contribution in [0.4, 0.5) is 11.4 Å². The van der Waals surface area contributed by atoms with Crippen molar-refractivity contribution in [1.29, 1.82) is 0 Å². The van der Waals surface area contributed by atoms with Gasteiger partial charge in [0.05, 0.1) is 5.69 Å². The minimum atomic E-state index is 0.326. The Labute approximate surface area is 125 Å². The Morgan fingerprint density at radius 1 is 1.32 bits per heavy atom. The molecule has 2 N–H and O–H groups in total. The van der Waals surface area contributed by atoms with Crippen molar-refractivity contribution in [1.82, 2.24) is 4.98 Å². The van der Waals surface area contributed by atoms with Crippen molar-refractivity contribution < 1.29 is 4.74 Å². The molecular weight excluding hydrogens is 330 g/mol. The molecule has 4 nitrogen and oxygen atoms in total. The molecule has 1 aromatic carbocycles. The topological polar surface area (TPSA) is 51.4 Å². The highest BCUT2D eigenvalue weighted by molar-refractivity contribution is 9.10. The van der Waals surface area contributed by atoms with Crippen LogP contribution in [0.1, 0.15) is 0 Å². The average Bonchev–Trinajstić information content (AvgIpc) is 2.34. The predicted molar refractivity (Wildman–Crippen MR) is 82.2 cm³/mol. The predicted octanol–water partition coefficient (Wildman–Crippen LogP) is 3.94. The number of hydrogen-bond donors (Lipinski definition) is 1. The van der Waals surface area contributed by atoms with Crippen LogP contribution >= 0.6 is 27.5 Å². The van der Waals surface area contributed by atoms with Gasteiger partial charge in [-0.3, -0.25) is 0 Å². The molecule has 0 amide bonds. The number of nitrogens with two attached hydrogens (primary N) is 1. The van der Waals surface area contributed by atoms with Crippen LogP contribution in [-0.4, -0.2) is 19.1 Å². The molecular formula is C13H13BrClN3O. The van der Waals surface area contributed by atoms with Crippen LogP contribution in [0.5, 0.6) is 11.6 Å². The van der Waals surface area contributed by atoms with E-state index in [0.717, 1.165) is 10.2 Å². The first-order valence-electron chi connectivity index (χ1n) is 5.53. The minimum Gasteiger partial charge on any atom is -0.435 e. The summed E-state index contributed by atoms with van der Waals surface area (Å²) in [5, 5.41) is 0.420. The molecule has 0 radical (unpaired) electrons. The van der Waals surface area contributed by atoms with E-state index in [0.29, 0.717) is 22.3 Å². The lowest BCUT2D eigenvalue weighted by Gasteiger charge is -2.15.